The number of benzene rings is 1. The highest BCUT2D eigenvalue weighted by Gasteiger charge is 2.20. The maximum atomic E-state index is 6.11. The van der Waals surface area contributed by atoms with Crippen molar-refractivity contribution >= 4 is 11.6 Å². The third kappa shape index (κ3) is 3.46. The van der Waals surface area contributed by atoms with Crippen LogP contribution in [0.3, 0.4) is 0 Å². The molecule has 1 aromatic carbocycles. The smallest absolute Gasteiger partial charge is 0.172 e. The highest BCUT2D eigenvalue weighted by atomic mass is 35.5. The Labute approximate surface area is 102 Å². The van der Waals surface area contributed by atoms with Gasteiger partial charge in [0.2, 0.25) is 0 Å². The van der Waals surface area contributed by atoms with E-state index in [1.807, 2.05) is 31.3 Å². The van der Waals surface area contributed by atoms with Gasteiger partial charge in [0, 0.05) is 19.2 Å². The molecule has 90 valence electrons. The van der Waals surface area contributed by atoms with Crippen molar-refractivity contribution in [2.24, 2.45) is 0 Å². The fourth-order valence-corrected chi connectivity index (χ4v) is 1.87. The molecular formula is C12H18ClNO2. The van der Waals surface area contributed by atoms with Gasteiger partial charge in [0.15, 0.2) is 6.29 Å². The molecule has 1 aromatic rings. The molecular weight excluding hydrogens is 226 g/mol. The average Bonchev–Trinajstić information content (AvgIpc) is 2.31. The van der Waals surface area contributed by atoms with Gasteiger partial charge in [-0.2, -0.15) is 0 Å². The zero-order valence-corrected chi connectivity index (χ0v) is 10.6. The first-order chi connectivity index (χ1) is 7.72. The number of rotatable bonds is 6. The van der Waals surface area contributed by atoms with Crippen LogP contribution in [0.4, 0.5) is 0 Å². The van der Waals surface area contributed by atoms with Gasteiger partial charge < -0.3 is 14.8 Å². The summed E-state index contributed by atoms with van der Waals surface area (Å²) in [7, 11) is 5.14. The lowest BCUT2D eigenvalue weighted by molar-refractivity contribution is -0.121. The summed E-state index contributed by atoms with van der Waals surface area (Å²) in [5, 5.41) is 3.94. The van der Waals surface area contributed by atoms with E-state index in [4.69, 9.17) is 21.1 Å². The molecule has 0 bridgehead atoms. The Morgan fingerprint density at radius 3 is 2.38 bits per heavy atom. The molecule has 0 saturated heterocycles. The fraction of sp³-hybridized carbons (Fsp3) is 0.500. The fourth-order valence-electron chi connectivity index (χ4n) is 1.66. The lowest BCUT2D eigenvalue weighted by Gasteiger charge is -2.24. The van der Waals surface area contributed by atoms with Gasteiger partial charge in [-0.25, -0.2) is 0 Å². The first kappa shape index (κ1) is 13.5. The van der Waals surface area contributed by atoms with Crippen molar-refractivity contribution in [3.05, 3.63) is 34.9 Å². The van der Waals surface area contributed by atoms with Gasteiger partial charge in [0.1, 0.15) is 0 Å². The normalized spacial score (nSPS) is 13.1. The number of methoxy groups -OCH3 is 2. The molecule has 0 fully saturated rings. The van der Waals surface area contributed by atoms with Crippen LogP contribution in [0.5, 0.6) is 0 Å². The summed E-state index contributed by atoms with van der Waals surface area (Å²) < 4.78 is 10.5. The van der Waals surface area contributed by atoms with Crippen molar-refractivity contribution in [3.63, 3.8) is 0 Å². The molecule has 0 radical (unpaired) electrons. The van der Waals surface area contributed by atoms with E-state index in [0.29, 0.717) is 0 Å². The zero-order valence-electron chi connectivity index (χ0n) is 9.87. The monoisotopic (exact) mass is 243 g/mol. The van der Waals surface area contributed by atoms with Crippen molar-refractivity contribution in [1.82, 2.24) is 5.32 Å². The number of ether oxygens (including phenoxy) is 2. The zero-order chi connectivity index (χ0) is 12.0. The Morgan fingerprint density at radius 2 is 1.88 bits per heavy atom. The van der Waals surface area contributed by atoms with Crippen LogP contribution in [0.1, 0.15) is 5.56 Å². The highest BCUT2D eigenvalue weighted by Crippen LogP contribution is 2.18. The predicted molar refractivity (Wildman–Crippen MR) is 65.8 cm³/mol. The average molecular weight is 244 g/mol. The maximum absolute atomic E-state index is 6.11. The second kappa shape index (κ2) is 6.86. The van der Waals surface area contributed by atoms with Gasteiger partial charge in [-0.1, -0.05) is 29.8 Å². The number of halogens is 1. The molecule has 0 saturated carbocycles. The first-order valence-electron chi connectivity index (χ1n) is 5.19. The second-order valence-electron chi connectivity index (χ2n) is 3.53. The minimum atomic E-state index is -0.277. The number of nitrogens with one attached hydrogen (secondary N) is 1. The number of hydrogen-bond donors (Lipinski definition) is 1. The van der Waals surface area contributed by atoms with E-state index < -0.39 is 0 Å². The Kier molecular flexibility index (Phi) is 5.77. The van der Waals surface area contributed by atoms with E-state index >= 15 is 0 Å². The van der Waals surface area contributed by atoms with Crippen LogP contribution < -0.4 is 5.32 Å². The summed E-state index contributed by atoms with van der Waals surface area (Å²) in [5.74, 6) is 0. The Hall–Kier alpha value is -0.610. The molecule has 0 spiro atoms. The Morgan fingerprint density at radius 1 is 1.25 bits per heavy atom. The van der Waals surface area contributed by atoms with Crippen LogP contribution in [0.15, 0.2) is 24.3 Å². The standard InChI is InChI=1S/C12H18ClNO2/c1-14-11(12(15-2)16-3)8-9-6-4-5-7-10(9)13/h4-7,11-12,14H,8H2,1-3H3. The highest BCUT2D eigenvalue weighted by molar-refractivity contribution is 6.31. The SMILES string of the molecule is CNC(Cc1ccccc1Cl)C(OC)OC. The van der Waals surface area contributed by atoms with Crippen LogP contribution >= 0.6 is 11.6 Å². The molecule has 0 aliphatic carbocycles. The van der Waals surface area contributed by atoms with Crippen molar-refractivity contribution in [1.29, 1.82) is 0 Å². The number of hydrogen-bond acceptors (Lipinski definition) is 3. The molecule has 0 aliphatic heterocycles. The molecule has 1 atom stereocenters. The summed E-state index contributed by atoms with van der Waals surface area (Å²) in [6.07, 6.45) is 0.490. The maximum Gasteiger partial charge on any atom is 0.172 e. The van der Waals surface area contributed by atoms with E-state index in [2.05, 4.69) is 5.32 Å². The van der Waals surface area contributed by atoms with Gasteiger partial charge in [0.25, 0.3) is 0 Å². The van der Waals surface area contributed by atoms with E-state index in [0.717, 1.165) is 17.0 Å². The topological polar surface area (TPSA) is 30.5 Å². The molecule has 4 heteroatoms. The summed E-state index contributed by atoms with van der Waals surface area (Å²) >= 11 is 6.11. The molecule has 0 heterocycles. The largest absolute Gasteiger partial charge is 0.354 e. The number of likely N-dealkylation sites (N-methyl/N-ethyl adjacent to an activating group) is 1. The van der Waals surface area contributed by atoms with E-state index in [9.17, 15) is 0 Å². The lowest BCUT2D eigenvalue weighted by Crippen LogP contribution is -2.41. The van der Waals surface area contributed by atoms with Gasteiger partial charge >= 0.3 is 0 Å². The molecule has 1 rings (SSSR count). The summed E-state index contributed by atoms with van der Waals surface area (Å²) in [6.45, 7) is 0. The second-order valence-corrected chi connectivity index (χ2v) is 3.94. The van der Waals surface area contributed by atoms with E-state index in [-0.39, 0.29) is 12.3 Å². The van der Waals surface area contributed by atoms with Crippen LogP contribution in [0.25, 0.3) is 0 Å². The van der Waals surface area contributed by atoms with Gasteiger partial charge in [-0.15, -0.1) is 0 Å². The van der Waals surface area contributed by atoms with Crippen LogP contribution in [-0.2, 0) is 15.9 Å². The van der Waals surface area contributed by atoms with Crippen molar-refractivity contribution in [3.8, 4) is 0 Å². The molecule has 3 nitrogen and oxygen atoms in total. The van der Waals surface area contributed by atoms with Gasteiger partial charge in [-0.3, -0.25) is 0 Å². The molecule has 16 heavy (non-hydrogen) atoms. The van der Waals surface area contributed by atoms with Crippen molar-refractivity contribution < 1.29 is 9.47 Å². The van der Waals surface area contributed by atoms with Gasteiger partial charge in [-0.05, 0) is 25.1 Å². The molecule has 0 aromatic heterocycles. The van der Waals surface area contributed by atoms with Gasteiger partial charge in [0.05, 0.1) is 6.04 Å². The Bertz CT molecular complexity index is 316. The third-order valence-electron chi connectivity index (χ3n) is 2.56. The molecule has 0 amide bonds. The third-order valence-corrected chi connectivity index (χ3v) is 2.93. The first-order valence-corrected chi connectivity index (χ1v) is 5.57. The van der Waals surface area contributed by atoms with Crippen LogP contribution in [0, 0.1) is 0 Å². The van der Waals surface area contributed by atoms with Crippen molar-refractivity contribution in [2.45, 2.75) is 18.8 Å². The predicted octanol–water partition coefficient (Wildman–Crippen LogP) is 2.09. The molecule has 0 aliphatic rings. The lowest BCUT2D eigenvalue weighted by atomic mass is 10.1. The summed E-state index contributed by atoms with van der Waals surface area (Å²) in [6, 6.07) is 7.87. The van der Waals surface area contributed by atoms with E-state index in [1.165, 1.54) is 0 Å². The van der Waals surface area contributed by atoms with E-state index in [1.54, 1.807) is 14.2 Å². The Balaban J connectivity index is 2.73. The minimum Gasteiger partial charge on any atom is -0.354 e. The minimum absolute atomic E-state index is 0.0786. The van der Waals surface area contributed by atoms with Crippen LogP contribution in [-0.4, -0.2) is 33.6 Å². The molecule has 1 unspecified atom stereocenters. The summed E-state index contributed by atoms with van der Waals surface area (Å²) in [4.78, 5) is 0. The quantitative estimate of drug-likeness (QED) is 0.777. The van der Waals surface area contributed by atoms with Crippen LogP contribution in [0.2, 0.25) is 5.02 Å². The molecule has 1 N–H and O–H groups in total. The summed E-state index contributed by atoms with van der Waals surface area (Å²) in [5.41, 5.74) is 1.09. The van der Waals surface area contributed by atoms with Crippen molar-refractivity contribution in [2.75, 3.05) is 21.3 Å².